The average Bonchev–Trinajstić information content (AvgIpc) is 2.63. The highest BCUT2D eigenvalue weighted by Crippen LogP contribution is 2.40. The molecule has 0 atom stereocenters. The minimum atomic E-state index is -0.737. The first-order valence-corrected chi connectivity index (χ1v) is 9.73. The summed E-state index contributed by atoms with van der Waals surface area (Å²) in [6.45, 7) is 3.93. The van der Waals surface area contributed by atoms with Gasteiger partial charge in [0.05, 0.1) is 0 Å². The van der Waals surface area contributed by atoms with Crippen LogP contribution in [-0.4, -0.2) is 0 Å². The summed E-state index contributed by atoms with van der Waals surface area (Å²) < 4.78 is 26.5. The third kappa shape index (κ3) is 4.46. The number of hydrogen-bond donors (Lipinski definition) is 0. The van der Waals surface area contributed by atoms with E-state index in [2.05, 4.69) is 12.7 Å². The van der Waals surface area contributed by atoms with Gasteiger partial charge in [0, 0.05) is 0 Å². The summed E-state index contributed by atoms with van der Waals surface area (Å²) >= 11 is 0. The normalized spacial score (nSPS) is 30.9. The van der Waals surface area contributed by atoms with Crippen LogP contribution in [0.4, 0.5) is 8.78 Å². The lowest BCUT2D eigenvalue weighted by Gasteiger charge is -2.31. The highest BCUT2D eigenvalue weighted by molar-refractivity contribution is 5.22. The van der Waals surface area contributed by atoms with Gasteiger partial charge in [-0.15, -0.1) is 6.58 Å². The van der Waals surface area contributed by atoms with Crippen molar-refractivity contribution in [1.82, 2.24) is 0 Å². The van der Waals surface area contributed by atoms with E-state index in [9.17, 15) is 8.78 Å². The van der Waals surface area contributed by atoms with E-state index in [0.29, 0.717) is 5.92 Å². The minimum Gasteiger partial charge on any atom is -0.204 e. The largest absolute Gasteiger partial charge is 0.204 e. The summed E-state index contributed by atoms with van der Waals surface area (Å²) in [5.74, 6) is 1.49. The fraction of sp³-hybridized carbons (Fsp3) is 0.636. The van der Waals surface area contributed by atoms with Crippen LogP contribution < -0.4 is 0 Å². The second kappa shape index (κ2) is 8.27. The van der Waals surface area contributed by atoms with E-state index in [1.807, 2.05) is 0 Å². The van der Waals surface area contributed by atoms with Crippen molar-refractivity contribution in [2.24, 2.45) is 17.8 Å². The van der Waals surface area contributed by atoms with Crippen molar-refractivity contribution in [3.05, 3.63) is 48.1 Å². The van der Waals surface area contributed by atoms with Gasteiger partial charge in [-0.05, 0) is 92.7 Å². The summed E-state index contributed by atoms with van der Waals surface area (Å²) in [5.41, 5.74) is 0.982. The monoisotopic (exact) mass is 332 g/mol. The molecule has 0 saturated heterocycles. The van der Waals surface area contributed by atoms with Gasteiger partial charge in [-0.1, -0.05) is 25.0 Å². The van der Waals surface area contributed by atoms with E-state index in [-0.39, 0.29) is 0 Å². The minimum absolute atomic E-state index is 0.416. The Kier molecular flexibility index (Phi) is 6.08. The zero-order chi connectivity index (χ0) is 16.9. The van der Waals surface area contributed by atoms with Crippen LogP contribution in [0.5, 0.6) is 0 Å². The Morgan fingerprint density at radius 1 is 0.833 bits per heavy atom. The Labute approximate surface area is 145 Å². The zero-order valence-corrected chi connectivity index (χ0v) is 14.7. The fourth-order valence-corrected chi connectivity index (χ4v) is 4.73. The van der Waals surface area contributed by atoms with E-state index >= 15 is 0 Å². The Balaban J connectivity index is 1.40. The molecular weight excluding hydrogens is 302 g/mol. The zero-order valence-electron chi connectivity index (χ0n) is 14.7. The Hall–Kier alpha value is -1.18. The van der Waals surface area contributed by atoms with Crippen molar-refractivity contribution in [2.75, 3.05) is 0 Å². The van der Waals surface area contributed by atoms with Crippen molar-refractivity contribution in [1.29, 1.82) is 0 Å². The Morgan fingerprint density at radius 2 is 1.42 bits per heavy atom. The maximum Gasteiger partial charge on any atom is 0.159 e. The van der Waals surface area contributed by atoms with E-state index < -0.39 is 11.6 Å². The second-order valence-electron chi connectivity index (χ2n) is 7.99. The smallest absolute Gasteiger partial charge is 0.159 e. The number of hydrogen-bond acceptors (Lipinski definition) is 0. The molecule has 2 heteroatoms. The van der Waals surface area contributed by atoms with Gasteiger partial charge in [0.15, 0.2) is 11.6 Å². The lowest BCUT2D eigenvalue weighted by atomic mass is 9.74. The molecule has 0 N–H and O–H groups in total. The summed E-state index contributed by atoms with van der Waals surface area (Å²) in [6, 6.07) is 4.44. The number of halogens is 2. The van der Waals surface area contributed by atoms with Gasteiger partial charge in [-0.3, -0.25) is 0 Å². The molecule has 3 rings (SSSR count). The summed E-state index contributed by atoms with van der Waals surface area (Å²) in [7, 11) is 0. The van der Waals surface area contributed by atoms with Gasteiger partial charge < -0.3 is 0 Å². The van der Waals surface area contributed by atoms with Crippen LogP contribution in [-0.2, 0) is 0 Å². The predicted octanol–water partition coefficient (Wildman–Crippen LogP) is 7.01. The first-order valence-electron chi connectivity index (χ1n) is 9.73. The van der Waals surface area contributed by atoms with E-state index in [1.165, 1.54) is 63.5 Å². The molecule has 132 valence electrons. The van der Waals surface area contributed by atoms with Crippen molar-refractivity contribution >= 4 is 0 Å². The van der Waals surface area contributed by atoms with Gasteiger partial charge in [0.1, 0.15) is 0 Å². The molecule has 0 aromatic heterocycles. The van der Waals surface area contributed by atoms with Gasteiger partial charge in [0.25, 0.3) is 0 Å². The molecule has 2 saturated carbocycles. The molecule has 0 amide bonds. The van der Waals surface area contributed by atoms with Crippen LogP contribution in [0.1, 0.15) is 75.7 Å². The fourth-order valence-electron chi connectivity index (χ4n) is 4.73. The lowest BCUT2D eigenvalue weighted by Crippen LogP contribution is -2.17. The highest BCUT2D eigenvalue weighted by atomic mass is 19.2. The molecule has 0 aliphatic heterocycles. The van der Waals surface area contributed by atoms with Crippen LogP contribution in [0.2, 0.25) is 0 Å². The van der Waals surface area contributed by atoms with E-state index in [4.69, 9.17) is 0 Å². The SMILES string of the molecule is C=C[C@H]1CC[C@H](CC[C@H]2CC[C@H](c3ccc(F)c(F)c3)CC2)CC1. The maximum atomic E-state index is 13.4. The topological polar surface area (TPSA) is 0 Å². The van der Waals surface area contributed by atoms with Crippen LogP contribution >= 0.6 is 0 Å². The molecule has 0 nitrogen and oxygen atoms in total. The standard InChI is InChI=1S/C22H30F2/c1-2-16-3-5-17(6-4-16)7-8-18-9-11-19(12-10-18)20-13-14-21(23)22(24)15-20/h2,13-19H,1,3-12H2/t16-,17-,18-,19-. The third-order valence-corrected chi connectivity index (χ3v) is 6.47. The number of allylic oxidation sites excluding steroid dienone is 1. The van der Waals surface area contributed by atoms with Crippen molar-refractivity contribution in [3.8, 4) is 0 Å². The summed E-state index contributed by atoms with van der Waals surface area (Å²) in [5, 5.41) is 0. The van der Waals surface area contributed by atoms with E-state index in [1.54, 1.807) is 6.07 Å². The Morgan fingerprint density at radius 3 is 1.96 bits per heavy atom. The molecule has 24 heavy (non-hydrogen) atoms. The second-order valence-corrected chi connectivity index (χ2v) is 7.99. The van der Waals surface area contributed by atoms with Gasteiger partial charge >= 0.3 is 0 Å². The first kappa shape index (κ1) is 17.6. The maximum absolute atomic E-state index is 13.4. The molecule has 2 fully saturated rings. The average molecular weight is 332 g/mol. The lowest BCUT2D eigenvalue weighted by molar-refractivity contribution is 0.246. The van der Waals surface area contributed by atoms with Gasteiger partial charge in [-0.25, -0.2) is 8.78 Å². The quantitative estimate of drug-likeness (QED) is 0.509. The molecule has 0 bridgehead atoms. The van der Waals surface area contributed by atoms with Crippen molar-refractivity contribution in [2.45, 2.75) is 70.1 Å². The first-order chi connectivity index (χ1) is 11.7. The Bertz CT molecular complexity index is 535. The number of rotatable bonds is 5. The van der Waals surface area contributed by atoms with Gasteiger partial charge in [-0.2, -0.15) is 0 Å². The van der Waals surface area contributed by atoms with Crippen molar-refractivity contribution in [3.63, 3.8) is 0 Å². The van der Waals surface area contributed by atoms with Crippen LogP contribution in [0.3, 0.4) is 0 Å². The molecule has 2 aliphatic carbocycles. The highest BCUT2D eigenvalue weighted by Gasteiger charge is 2.25. The van der Waals surface area contributed by atoms with Gasteiger partial charge in [0.2, 0.25) is 0 Å². The molecule has 1 aromatic rings. The molecule has 0 heterocycles. The molecule has 0 spiro atoms. The molecule has 0 unspecified atom stereocenters. The molecule has 2 aliphatic rings. The van der Waals surface area contributed by atoms with Crippen LogP contribution in [0, 0.1) is 29.4 Å². The molecule has 0 radical (unpaired) electrons. The molecular formula is C22H30F2. The van der Waals surface area contributed by atoms with Crippen molar-refractivity contribution < 1.29 is 8.78 Å². The van der Waals surface area contributed by atoms with Crippen LogP contribution in [0.15, 0.2) is 30.9 Å². The molecule has 1 aromatic carbocycles. The third-order valence-electron chi connectivity index (χ3n) is 6.47. The summed E-state index contributed by atoms with van der Waals surface area (Å²) in [6.07, 6.45) is 15.0. The van der Waals surface area contributed by atoms with E-state index in [0.717, 1.165) is 36.2 Å². The number of benzene rings is 1. The summed E-state index contributed by atoms with van der Waals surface area (Å²) in [4.78, 5) is 0. The van der Waals surface area contributed by atoms with Crippen LogP contribution in [0.25, 0.3) is 0 Å². The predicted molar refractivity (Wildman–Crippen MR) is 95.9 cm³/mol.